The summed E-state index contributed by atoms with van der Waals surface area (Å²) in [4.78, 5) is 10.7. The molecule has 0 aliphatic heterocycles. The van der Waals surface area contributed by atoms with E-state index in [2.05, 4.69) is 133 Å². The molecule has 0 amide bonds. The molecule has 0 aliphatic rings. The molecular weight excluding hydrogens is 597 g/mol. The molecule has 46 heavy (non-hydrogen) atoms. The summed E-state index contributed by atoms with van der Waals surface area (Å²) >= 11 is 3.58. The Balaban J connectivity index is 1.49. The standard InChI is InChI=1S/C42H22N2S2/c1-2-10-26-22-30-29(21-25(26)9-1)39(41-43-31-15-3-5-17-33(31)45-41)37-27-13-7-11-23-19-20-24-12-8-14-28(36(24)35(23)27)38(37)40(30)42-44-32-16-4-6-18-34(32)46-42/h1-22H. The fraction of sp³-hybridized carbons (Fsp3) is 0. The van der Waals surface area contributed by atoms with Crippen LogP contribution in [0.1, 0.15) is 0 Å². The van der Waals surface area contributed by atoms with E-state index in [-0.39, 0.29) is 0 Å². The Labute approximate surface area is 271 Å². The van der Waals surface area contributed by atoms with E-state index in [1.807, 2.05) is 0 Å². The van der Waals surface area contributed by atoms with Crippen LogP contribution in [0.3, 0.4) is 0 Å². The normalized spacial score (nSPS) is 12.3. The van der Waals surface area contributed by atoms with Gasteiger partial charge in [0.2, 0.25) is 0 Å². The number of aromatic nitrogens is 2. The summed E-state index contributed by atoms with van der Waals surface area (Å²) in [7, 11) is 0. The molecule has 0 atom stereocenters. The van der Waals surface area contributed by atoms with Gasteiger partial charge in [-0.25, -0.2) is 9.97 Å². The minimum Gasteiger partial charge on any atom is -0.236 e. The zero-order valence-electron chi connectivity index (χ0n) is 24.4. The van der Waals surface area contributed by atoms with E-state index < -0.39 is 0 Å². The van der Waals surface area contributed by atoms with Gasteiger partial charge in [-0.3, -0.25) is 0 Å². The van der Waals surface area contributed by atoms with E-state index in [1.54, 1.807) is 22.7 Å². The van der Waals surface area contributed by atoms with Gasteiger partial charge in [-0.05, 0) is 90.3 Å². The first-order valence-corrected chi connectivity index (χ1v) is 17.1. The van der Waals surface area contributed by atoms with Gasteiger partial charge in [0.15, 0.2) is 0 Å². The Hall–Kier alpha value is -5.42. The molecule has 212 valence electrons. The Morgan fingerprint density at radius 3 is 1.26 bits per heavy atom. The number of thiazole rings is 2. The molecule has 11 aromatic rings. The zero-order chi connectivity index (χ0) is 29.9. The monoisotopic (exact) mass is 618 g/mol. The van der Waals surface area contributed by atoms with Crippen LogP contribution in [-0.2, 0) is 0 Å². The summed E-state index contributed by atoms with van der Waals surface area (Å²) in [5.74, 6) is 0. The summed E-state index contributed by atoms with van der Waals surface area (Å²) in [5.41, 5.74) is 4.50. The average molecular weight is 619 g/mol. The largest absolute Gasteiger partial charge is 0.236 e. The van der Waals surface area contributed by atoms with Crippen molar-refractivity contribution in [2.24, 2.45) is 0 Å². The maximum absolute atomic E-state index is 5.33. The molecule has 2 aromatic heterocycles. The van der Waals surface area contributed by atoms with E-state index in [4.69, 9.17) is 9.97 Å². The molecule has 0 unspecified atom stereocenters. The number of fused-ring (bicyclic) bond motifs is 7. The van der Waals surface area contributed by atoms with Crippen molar-refractivity contribution >= 4 is 108 Å². The molecule has 0 saturated heterocycles. The minimum atomic E-state index is 1.04. The van der Waals surface area contributed by atoms with Crippen molar-refractivity contribution in [1.82, 2.24) is 9.97 Å². The van der Waals surface area contributed by atoms with Crippen molar-refractivity contribution in [3.05, 3.63) is 133 Å². The van der Waals surface area contributed by atoms with Gasteiger partial charge in [-0.1, -0.05) is 97.1 Å². The molecule has 2 heterocycles. The number of hydrogen-bond acceptors (Lipinski definition) is 4. The number of nitrogens with zero attached hydrogens (tertiary/aromatic N) is 2. The lowest BCUT2D eigenvalue weighted by Crippen LogP contribution is -1.95. The lowest BCUT2D eigenvalue weighted by atomic mass is 9.83. The summed E-state index contributed by atoms with van der Waals surface area (Å²) < 4.78 is 2.40. The van der Waals surface area contributed by atoms with E-state index >= 15 is 0 Å². The fourth-order valence-corrected chi connectivity index (χ4v) is 9.75. The fourth-order valence-electron chi connectivity index (χ4n) is 7.69. The zero-order valence-corrected chi connectivity index (χ0v) is 26.0. The number of para-hydroxylation sites is 2. The van der Waals surface area contributed by atoms with Crippen LogP contribution in [0.15, 0.2) is 133 Å². The molecule has 0 fully saturated rings. The molecule has 0 spiro atoms. The summed E-state index contributed by atoms with van der Waals surface area (Å²) in [5, 5.41) is 17.2. The second-order valence-corrected chi connectivity index (χ2v) is 14.2. The highest BCUT2D eigenvalue weighted by atomic mass is 32.1. The molecule has 2 nitrogen and oxygen atoms in total. The van der Waals surface area contributed by atoms with Crippen molar-refractivity contribution in [2.75, 3.05) is 0 Å². The molecular formula is C42H22N2S2. The highest BCUT2D eigenvalue weighted by Gasteiger charge is 2.26. The molecule has 0 bridgehead atoms. The van der Waals surface area contributed by atoms with Crippen molar-refractivity contribution < 1.29 is 0 Å². The van der Waals surface area contributed by atoms with Crippen LogP contribution in [0.25, 0.3) is 106 Å². The van der Waals surface area contributed by atoms with Gasteiger partial charge in [0.05, 0.1) is 20.4 Å². The first-order valence-electron chi connectivity index (χ1n) is 15.5. The summed E-state index contributed by atoms with van der Waals surface area (Å²) in [6.07, 6.45) is 0. The third-order valence-electron chi connectivity index (χ3n) is 9.61. The lowest BCUT2D eigenvalue weighted by Gasteiger charge is -2.21. The van der Waals surface area contributed by atoms with Crippen molar-refractivity contribution in [3.8, 4) is 21.1 Å². The number of benzene rings is 9. The van der Waals surface area contributed by atoms with E-state index in [0.717, 1.165) is 21.0 Å². The average Bonchev–Trinajstić information content (AvgIpc) is 3.73. The molecule has 9 aromatic carbocycles. The van der Waals surface area contributed by atoms with Gasteiger partial charge in [0.25, 0.3) is 0 Å². The predicted octanol–water partition coefficient (Wildman–Crippen LogP) is 12.6. The molecule has 0 radical (unpaired) electrons. The quantitative estimate of drug-likeness (QED) is 0.142. The van der Waals surface area contributed by atoms with Crippen LogP contribution in [0.5, 0.6) is 0 Å². The SMILES string of the molecule is c1ccc2cc3c(-c4nc5ccccc5s4)c4c5cccc6ccc7cccc(c4c(-c4nc8ccccc8s4)c3cc2c1)c7c65. The van der Waals surface area contributed by atoms with Crippen LogP contribution < -0.4 is 0 Å². The van der Waals surface area contributed by atoms with Gasteiger partial charge < -0.3 is 0 Å². The molecule has 0 aliphatic carbocycles. The van der Waals surface area contributed by atoms with Gasteiger partial charge in [-0.2, -0.15) is 0 Å². The van der Waals surface area contributed by atoms with E-state index in [0.29, 0.717) is 0 Å². The highest BCUT2D eigenvalue weighted by molar-refractivity contribution is 7.22. The van der Waals surface area contributed by atoms with Crippen molar-refractivity contribution in [2.45, 2.75) is 0 Å². The topological polar surface area (TPSA) is 25.8 Å². The van der Waals surface area contributed by atoms with Gasteiger partial charge in [0, 0.05) is 21.9 Å². The molecule has 0 N–H and O–H groups in total. The Kier molecular flexibility index (Phi) is 4.90. The first-order chi connectivity index (χ1) is 22.8. The van der Waals surface area contributed by atoms with Crippen LogP contribution in [-0.4, -0.2) is 9.97 Å². The Morgan fingerprint density at radius 1 is 0.348 bits per heavy atom. The summed E-state index contributed by atoms with van der Waals surface area (Å²) in [6, 6.07) is 48.7. The van der Waals surface area contributed by atoms with Crippen LogP contribution >= 0.6 is 22.7 Å². The van der Waals surface area contributed by atoms with E-state index in [1.165, 1.54) is 85.2 Å². The third kappa shape index (κ3) is 3.30. The second-order valence-electron chi connectivity index (χ2n) is 12.1. The highest BCUT2D eigenvalue weighted by Crippen LogP contribution is 2.53. The van der Waals surface area contributed by atoms with Gasteiger partial charge >= 0.3 is 0 Å². The van der Waals surface area contributed by atoms with E-state index in [9.17, 15) is 0 Å². The maximum Gasteiger partial charge on any atom is 0.125 e. The van der Waals surface area contributed by atoms with Crippen molar-refractivity contribution in [1.29, 1.82) is 0 Å². The lowest BCUT2D eigenvalue weighted by molar-refractivity contribution is 1.49. The maximum atomic E-state index is 5.33. The van der Waals surface area contributed by atoms with Gasteiger partial charge in [-0.15, -0.1) is 22.7 Å². The van der Waals surface area contributed by atoms with Crippen molar-refractivity contribution in [3.63, 3.8) is 0 Å². The minimum absolute atomic E-state index is 1.04. The Bertz CT molecular complexity index is 2770. The smallest absolute Gasteiger partial charge is 0.125 e. The molecule has 11 rings (SSSR count). The van der Waals surface area contributed by atoms with Crippen LogP contribution in [0.2, 0.25) is 0 Å². The van der Waals surface area contributed by atoms with Crippen LogP contribution in [0, 0.1) is 0 Å². The molecule has 4 heteroatoms. The number of hydrogen-bond donors (Lipinski definition) is 0. The third-order valence-corrected chi connectivity index (χ3v) is 11.7. The molecule has 0 saturated carbocycles. The predicted molar refractivity (Wildman–Crippen MR) is 200 cm³/mol. The number of rotatable bonds is 2. The summed E-state index contributed by atoms with van der Waals surface area (Å²) in [6.45, 7) is 0. The Morgan fingerprint density at radius 2 is 0.783 bits per heavy atom. The van der Waals surface area contributed by atoms with Gasteiger partial charge in [0.1, 0.15) is 10.0 Å². The van der Waals surface area contributed by atoms with Crippen LogP contribution in [0.4, 0.5) is 0 Å². The first kappa shape index (κ1) is 24.8. The second kappa shape index (κ2) is 9.07.